The summed E-state index contributed by atoms with van der Waals surface area (Å²) in [6.07, 6.45) is 13.2. The first-order chi connectivity index (χ1) is 10.9. The van der Waals surface area contributed by atoms with Gasteiger partial charge in [0, 0.05) is 44.0 Å². The highest BCUT2D eigenvalue weighted by atomic mass is 15.2. The SMILES string of the molecule is C1=CCC(CN2CCc3nc(-c4cccnc4)[nH]c3C2)CC1. The fourth-order valence-electron chi connectivity index (χ4n) is 3.53. The Balaban J connectivity index is 1.47. The summed E-state index contributed by atoms with van der Waals surface area (Å²) in [5.74, 6) is 1.79. The zero-order chi connectivity index (χ0) is 14.8. The molecule has 2 aromatic heterocycles. The second kappa shape index (κ2) is 6.05. The lowest BCUT2D eigenvalue weighted by atomic mass is 9.93. The Morgan fingerprint density at radius 2 is 2.32 bits per heavy atom. The highest BCUT2D eigenvalue weighted by Gasteiger charge is 2.23. The lowest BCUT2D eigenvalue weighted by Crippen LogP contribution is -2.34. The molecule has 1 aliphatic heterocycles. The Hall–Kier alpha value is -1.94. The molecule has 1 unspecified atom stereocenters. The summed E-state index contributed by atoms with van der Waals surface area (Å²) in [6, 6.07) is 4.02. The number of imidazole rings is 1. The fraction of sp³-hybridized carbons (Fsp3) is 0.444. The highest BCUT2D eigenvalue weighted by molar-refractivity contribution is 5.54. The summed E-state index contributed by atoms with van der Waals surface area (Å²) in [7, 11) is 0. The molecule has 4 rings (SSSR count). The molecular formula is C18H22N4. The molecule has 1 aliphatic carbocycles. The maximum Gasteiger partial charge on any atom is 0.139 e. The number of aromatic nitrogens is 3. The molecule has 0 saturated carbocycles. The van der Waals surface area contributed by atoms with Gasteiger partial charge in [0.15, 0.2) is 0 Å². The minimum Gasteiger partial charge on any atom is -0.340 e. The normalized spacial score (nSPS) is 21.7. The van der Waals surface area contributed by atoms with Crippen LogP contribution >= 0.6 is 0 Å². The van der Waals surface area contributed by atoms with Gasteiger partial charge in [-0.2, -0.15) is 0 Å². The molecule has 22 heavy (non-hydrogen) atoms. The van der Waals surface area contributed by atoms with Crippen LogP contribution in [0.2, 0.25) is 0 Å². The van der Waals surface area contributed by atoms with Crippen molar-refractivity contribution in [1.82, 2.24) is 19.9 Å². The van der Waals surface area contributed by atoms with E-state index in [2.05, 4.69) is 33.1 Å². The van der Waals surface area contributed by atoms with E-state index in [-0.39, 0.29) is 0 Å². The van der Waals surface area contributed by atoms with Crippen LogP contribution in [0.4, 0.5) is 0 Å². The molecule has 0 aromatic carbocycles. The zero-order valence-corrected chi connectivity index (χ0v) is 12.8. The topological polar surface area (TPSA) is 44.8 Å². The quantitative estimate of drug-likeness (QED) is 0.884. The lowest BCUT2D eigenvalue weighted by Gasteiger charge is -2.30. The van der Waals surface area contributed by atoms with Crippen molar-refractivity contribution in [3.05, 3.63) is 48.1 Å². The third-order valence-corrected chi connectivity index (χ3v) is 4.74. The van der Waals surface area contributed by atoms with E-state index in [4.69, 9.17) is 4.98 Å². The number of pyridine rings is 1. The molecule has 0 radical (unpaired) electrons. The van der Waals surface area contributed by atoms with Crippen LogP contribution in [0.3, 0.4) is 0 Å². The molecule has 4 nitrogen and oxygen atoms in total. The number of allylic oxidation sites excluding steroid dienone is 2. The molecular weight excluding hydrogens is 272 g/mol. The highest BCUT2D eigenvalue weighted by Crippen LogP contribution is 2.25. The first-order valence-corrected chi connectivity index (χ1v) is 8.24. The van der Waals surface area contributed by atoms with Crippen molar-refractivity contribution >= 4 is 0 Å². The van der Waals surface area contributed by atoms with Gasteiger partial charge >= 0.3 is 0 Å². The Kier molecular flexibility index (Phi) is 3.77. The van der Waals surface area contributed by atoms with E-state index in [1.165, 1.54) is 37.2 Å². The molecule has 3 heterocycles. The molecule has 0 amide bonds. The molecule has 0 saturated heterocycles. The minimum atomic E-state index is 0.826. The van der Waals surface area contributed by atoms with E-state index < -0.39 is 0 Å². The maximum absolute atomic E-state index is 4.77. The van der Waals surface area contributed by atoms with Crippen LogP contribution in [0.15, 0.2) is 36.7 Å². The summed E-state index contributed by atoms with van der Waals surface area (Å²) in [5.41, 5.74) is 3.59. The Bertz CT molecular complexity index is 659. The maximum atomic E-state index is 4.77. The average molecular weight is 294 g/mol. The van der Waals surface area contributed by atoms with Crippen LogP contribution in [0.5, 0.6) is 0 Å². The van der Waals surface area contributed by atoms with Crippen molar-refractivity contribution in [3.8, 4) is 11.4 Å². The van der Waals surface area contributed by atoms with Gasteiger partial charge in [-0.15, -0.1) is 0 Å². The Labute approximate surface area is 131 Å². The van der Waals surface area contributed by atoms with Crippen LogP contribution in [-0.4, -0.2) is 32.9 Å². The van der Waals surface area contributed by atoms with Crippen molar-refractivity contribution < 1.29 is 0 Å². The summed E-state index contributed by atoms with van der Waals surface area (Å²) in [4.78, 5) is 15.0. The standard InChI is InChI=1S/C18H22N4/c1-2-5-14(6-3-1)12-22-10-8-16-17(13-22)21-18(20-16)15-7-4-9-19-11-15/h1-2,4,7,9,11,14H,3,5-6,8,10,12-13H2,(H,20,21). The molecule has 4 heteroatoms. The van der Waals surface area contributed by atoms with Crippen molar-refractivity contribution in [3.63, 3.8) is 0 Å². The van der Waals surface area contributed by atoms with Gasteiger partial charge in [0.05, 0.1) is 11.4 Å². The average Bonchev–Trinajstić information content (AvgIpc) is 3.00. The van der Waals surface area contributed by atoms with Gasteiger partial charge in [0.2, 0.25) is 0 Å². The van der Waals surface area contributed by atoms with Gasteiger partial charge in [-0.05, 0) is 37.3 Å². The number of fused-ring (bicyclic) bond motifs is 1. The van der Waals surface area contributed by atoms with Crippen molar-refractivity contribution in [2.45, 2.75) is 32.2 Å². The largest absolute Gasteiger partial charge is 0.340 e. The van der Waals surface area contributed by atoms with Gasteiger partial charge in [0.1, 0.15) is 5.82 Å². The molecule has 2 aromatic rings. The van der Waals surface area contributed by atoms with E-state index in [1.54, 1.807) is 6.20 Å². The van der Waals surface area contributed by atoms with Crippen LogP contribution in [0, 0.1) is 5.92 Å². The monoisotopic (exact) mass is 294 g/mol. The van der Waals surface area contributed by atoms with E-state index >= 15 is 0 Å². The van der Waals surface area contributed by atoms with E-state index in [1.807, 2.05) is 12.3 Å². The van der Waals surface area contributed by atoms with Crippen molar-refractivity contribution in [2.75, 3.05) is 13.1 Å². The summed E-state index contributed by atoms with van der Waals surface area (Å²) >= 11 is 0. The Morgan fingerprint density at radius 3 is 3.14 bits per heavy atom. The van der Waals surface area contributed by atoms with Gasteiger partial charge in [0.25, 0.3) is 0 Å². The summed E-state index contributed by atoms with van der Waals surface area (Å²) < 4.78 is 0. The number of H-pyrrole nitrogens is 1. The number of nitrogens with one attached hydrogen (secondary N) is 1. The zero-order valence-electron chi connectivity index (χ0n) is 12.8. The molecule has 2 aliphatic rings. The summed E-state index contributed by atoms with van der Waals surface area (Å²) in [5, 5.41) is 0. The minimum absolute atomic E-state index is 0.826. The van der Waals surface area contributed by atoms with Gasteiger partial charge < -0.3 is 4.98 Å². The molecule has 0 spiro atoms. The Morgan fingerprint density at radius 1 is 1.32 bits per heavy atom. The van der Waals surface area contributed by atoms with Crippen molar-refractivity contribution in [1.29, 1.82) is 0 Å². The third-order valence-electron chi connectivity index (χ3n) is 4.74. The smallest absolute Gasteiger partial charge is 0.139 e. The number of nitrogens with zero attached hydrogens (tertiary/aromatic N) is 3. The summed E-state index contributed by atoms with van der Waals surface area (Å²) in [6.45, 7) is 3.35. The van der Waals surface area contributed by atoms with E-state index in [9.17, 15) is 0 Å². The van der Waals surface area contributed by atoms with Gasteiger partial charge in [-0.3, -0.25) is 9.88 Å². The van der Waals surface area contributed by atoms with Crippen LogP contribution in [-0.2, 0) is 13.0 Å². The molecule has 1 N–H and O–H groups in total. The molecule has 0 fully saturated rings. The second-order valence-electron chi connectivity index (χ2n) is 6.39. The second-order valence-corrected chi connectivity index (χ2v) is 6.39. The van der Waals surface area contributed by atoms with Crippen molar-refractivity contribution in [2.24, 2.45) is 5.92 Å². The molecule has 114 valence electrons. The molecule has 0 bridgehead atoms. The van der Waals surface area contributed by atoms with E-state index in [0.717, 1.165) is 36.8 Å². The lowest BCUT2D eigenvalue weighted by molar-refractivity contribution is 0.203. The van der Waals surface area contributed by atoms with Gasteiger partial charge in [-0.1, -0.05) is 12.2 Å². The molecule has 1 atom stereocenters. The fourth-order valence-corrected chi connectivity index (χ4v) is 3.53. The predicted molar refractivity (Wildman–Crippen MR) is 87.3 cm³/mol. The van der Waals surface area contributed by atoms with Crippen LogP contribution < -0.4 is 0 Å². The number of hydrogen-bond acceptors (Lipinski definition) is 3. The first kappa shape index (κ1) is 13.7. The number of hydrogen-bond donors (Lipinski definition) is 1. The van der Waals surface area contributed by atoms with Crippen LogP contribution in [0.1, 0.15) is 30.7 Å². The third kappa shape index (κ3) is 2.83. The van der Waals surface area contributed by atoms with Gasteiger partial charge in [-0.25, -0.2) is 4.98 Å². The predicted octanol–water partition coefficient (Wildman–Crippen LogP) is 3.19. The number of rotatable bonds is 3. The number of aromatic amines is 1. The van der Waals surface area contributed by atoms with E-state index in [0.29, 0.717) is 0 Å². The van der Waals surface area contributed by atoms with Crippen LogP contribution in [0.25, 0.3) is 11.4 Å². The first-order valence-electron chi connectivity index (χ1n) is 8.24.